The van der Waals surface area contributed by atoms with Gasteiger partial charge in [0.05, 0.1) is 0 Å². The largest absolute Gasteiger partial charge is 0.509 e. The number of nitrogens with zero attached hydrogens (tertiary/aromatic N) is 4. The van der Waals surface area contributed by atoms with Crippen LogP contribution in [-0.2, 0) is 31.9 Å². The molecule has 0 aliphatic carbocycles. The molecule has 0 unspecified atom stereocenters. The third kappa shape index (κ3) is 9.55. The van der Waals surface area contributed by atoms with Crippen LogP contribution in [0.2, 0.25) is 0 Å². The number of para-hydroxylation sites is 2. The van der Waals surface area contributed by atoms with Gasteiger partial charge < -0.3 is 19.1 Å². The maximum absolute atomic E-state index is 6.92. The molecule has 5 nitrogen and oxygen atoms in total. The zero-order valence-corrected chi connectivity index (χ0v) is 50.5. The molecule has 4 heterocycles. The van der Waals surface area contributed by atoms with Crippen LogP contribution < -0.4 is 14.5 Å². The average molecular weight is 1270 g/mol. The van der Waals surface area contributed by atoms with E-state index in [0.717, 1.165) is 111 Å². The maximum Gasteiger partial charge on any atom is 0.135 e. The van der Waals surface area contributed by atoms with Gasteiger partial charge in [-0.25, -0.2) is 4.98 Å². The van der Waals surface area contributed by atoms with E-state index in [4.69, 9.17) is 9.72 Å². The summed E-state index contributed by atoms with van der Waals surface area (Å²) in [6.45, 7) is 18.5. The summed E-state index contributed by atoms with van der Waals surface area (Å²) >= 11 is 0. The van der Waals surface area contributed by atoms with Crippen LogP contribution in [0.1, 0.15) is 59.6 Å². The molecule has 414 valence electrons. The maximum atomic E-state index is 6.92. The summed E-state index contributed by atoms with van der Waals surface area (Å²) in [6.07, 6.45) is 4.28. The van der Waals surface area contributed by atoms with Gasteiger partial charge in [-0.2, -0.15) is 12.1 Å². The van der Waals surface area contributed by atoms with Gasteiger partial charge in [0.2, 0.25) is 0 Å². The van der Waals surface area contributed by atoms with Crippen LogP contribution in [-0.4, -0.2) is 9.55 Å². The summed E-state index contributed by atoms with van der Waals surface area (Å²) in [5.41, 5.74) is 20.6. The second kappa shape index (κ2) is 21.3. The molecule has 84 heavy (non-hydrogen) atoms. The topological polar surface area (TPSA) is 33.5 Å². The van der Waals surface area contributed by atoms with Gasteiger partial charge in [-0.05, 0) is 138 Å². The van der Waals surface area contributed by atoms with E-state index in [-0.39, 0.29) is 37.3 Å². The Morgan fingerprint density at radius 1 is 0.464 bits per heavy atom. The van der Waals surface area contributed by atoms with Crippen molar-refractivity contribution in [3.8, 4) is 84.1 Å². The van der Waals surface area contributed by atoms with Crippen LogP contribution >= 0.6 is 0 Å². The van der Waals surface area contributed by atoms with Crippen LogP contribution in [0.25, 0.3) is 94.4 Å². The number of anilines is 2. The predicted molar refractivity (Wildman–Crippen MR) is 345 cm³/mol. The van der Waals surface area contributed by atoms with Crippen molar-refractivity contribution in [3.63, 3.8) is 0 Å². The molecule has 2 aliphatic rings. The fourth-order valence-electron chi connectivity index (χ4n) is 12.4. The Balaban J connectivity index is 0.00000658. The Morgan fingerprint density at radius 2 is 0.952 bits per heavy atom. The summed E-state index contributed by atoms with van der Waals surface area (Å²) in [5.74, 6) is 2.05. The molecule has 2 aliphatic heterocycles. The quantitative estimate of drug-likeness (QED) is 0.128. The number of ether oxygens (including phenoxy) is 1. The van der Waals surface area contributed by atoms with Crippen molar-refractivity contribution in [1.82, 2.24) is 9.55 Å². The average Bonchev–Trinajstić information content (AvgIpc) is 1.67. The molecule has 10 aromatic carbocycles. The molecule has 0 fully saturated rings. The standard InChI is InChI=1S/C78H63N4O.Pt/c1-76(2,3)62-39-40-79-74(47-62)82-70-34-21-20-31-67(70)68-37-35-63(48-71(68)82)83-64-36-38-69-72(49-64)81-51-80(50-73(81)78(6,7)77(69,4)5)75-65(60-43-56(52-23-12-8-13-24-52)41-57(44-60)53-25-14-9-15-26-53)32-22-33-66(75)61-45-58(54-27-16-10-17-28-54)42-59(46-61)55-29-18-11-19-30-55;/h8-47,50-51H,1-7H3;/q-3;. The number of pyridine rings is 1. The molecule has 0 amide bonds. The smallest absolute Gasteiger partial charge is 0.135 e. The van der Waals surface area contributed by atoms with E-state index >= 15 is 0 Å². The van der Waals surface area contributed by atoms with Gasteiger partial charge in [0.1, 0.15) is 5.82 Å². The summed E-state index contributed by atoms with van der Waals surface area (Å²) in [5, 5.41) is 2.22. The van der Waals surface area contributed by atoms with Crippen LogP contribution in [0.15, 0.2) is 255 Å². The molecule has 0 saturated carbocycles. The number of hydrogen-bond acceptors (Lipinski definition) is 4. The second-order valence-corrected chi connectivity index (χ2v) is 24.2. The number of fused-ring (bicyclic) bond motifs is 6. The van der Waals surface area contributed by atoms with Crippen molar-refractivity contribution in [2.45, 2.75) is 59.3 Å². The number of allylic oxidation sites excluding steroid dienone is 1. The predicted octanol–water partition coefficient (Wildman–Crippen LogP) is 20.5. The zero-order valence-electron chi connectivity index (χ0n) is 48.3. The van der Waals surface area contributed by atoms with Crippen molar-refractivity contribution in [2.75, 3.05) is 9.80 Å². The van der Waals surface area contributed by atoms with Gasteiger partial charge in [-0.15, -0.1) is 41.9 Å². The first-order valence-electron chi connectivity index (χ1n) is 28.7. The van der Waals surface area contributed by atoms with Crippen molar-refractivity contribution in [1.29, 1.82) is 0 Å². The first kappa shape index (κ1) is 54.2. The Morgan fingerprint density at radius 3 is 1.49 bits per heavy atom. The molecule has 0 bridgehead atoms. The summed E-state index contributed by atoms with van der Waals surface area (Å²) in [4.78, 5) is 9.67. The summed E-state index contributed by atoms with van der Waals surface area (Å²) in [7, 11) is 0. The molecule has 2 aromatic heterocycles. The first-order chi connectivity index (χ1) is 40.3. The van der Waals surface area contributed by atoms with Crippen LogP contribution in [0, 0.1) is 24.2 Å². The van der Waals surface area contributed by atoms with Gasteiger partial charge in [0.25, 0.3) is 0 Å². The van der Waals surface area contributed by atoms with E-state index in [1.54, 1.807) is 0 Å². The Hall–Kier alpha value is -9.02. The van der Waals surface area contributed by atoms with Gasteiger partial charge in [-0.3, -0.25) is 0 Å². The minimum atomic E-state index is -0.331. The van der Waals surface area contributed by atoms with Crippen molar-refractivity contribution < 1.29 is 25.8 Å². The Bertz CT molecular complexity index is 4220. The van der Waals surface area contributed by atoms with E-state index in [2.05, 4.69) is 318 Å². The first-order valence-corrected chi connectivity index (χ1v) is 28.7. The van der Waals surface area contributed by atoms with E-state index in [1.165, 1.54) is 11.1 Å². The summed E-state index contributed by atoms with van der Waals surface area (Å²) < 4.78 is 9.14. The third-order valence-electron chi connectivity index (χ3n) is 17.6. The van der Waals surface area contributed by atoms with Crippen LogP contribution in [0.4, 0.5) is 11.4 Å². The molecule has 14 rings (SSSR count). The molecule has 0 atom stereocenters. The monoisotopic (exact) mass is 1270 g/mol. The SMILES string of the molecule is CC(C)(C)c1ccnc(-n2c3[c-]c(Oc4[c-]c5c(cc4)C(C)(C)C(C)(C)C4=CN(c6c(-c7cc(-c8ccccc8)cc(-c8ccccc8)c7)cccc6-c6cc(-c7ccccc7)cc(-c7ccccc7)c6)[CH-]N45)ccc3c3ccccc32)c1.[Pt]. The molecular weight excluding hydrogens is 1200 g/mol. The fourth-order valence-corrected chi connectivity index (χ4v) is 12.4. The van der Waals surface area contributed by atoms with Gasteiger partial charge >= 0.3 is 0 Å². The van der Waals surface area contributed by atoms with E-state index < -0.39 is 0 Å². The minimum absolute atomic E-state index is 0. The normalized spacial score (nSPS) is 14.2. The van der Waals surface area contributed by atoms with Gasteiger partial charge in [0, 0.05) is 72.2 Å². The fraction of sp³-hybridized carbons (Fsp3) is 0.128. The van der Waals surface area contributed by atoms with E-state index in [1.807, 2.05) is 12.3 Å². The van der Waals surface area contributed by atoms with Crippen molar-refractivity contribution in [2.24, 2.45) is 5.41 Å². The Labute approximate surface area is 508 Å². The molecule has 0 N–H and O–H groups in total. The summed E-state index contributed by atoms with van der Waals surface area (Å²) in [6, 6.07) is 92.8. The van der Waals surface area contributed by atoms with Crippen LogP contribution in [0.3, 0.4) is 0 Å². The van der Waals surface area contributed by atoms with Gasteiger partial charge in [-0.1, -0.05) is 217 Å². The molecule has 0 spiro atoms. The molecule has 0 radical (unpaired) electrons. The Kier molecular flexibility index (Phi) is 13.8. The van der Waals surface area contributed by atoms with Crippen molar-refractivity contribution in [3.05, 3.63) is 285 Å². The van der Waals surface area contributed by atoms with Crippen molar-refractivity contribution >= 4 is 33.2 Å². The third-order valence-corrected chi connectivity index (χ3v) is 17.6. The van der Waals surface area contributed by atoms with Gasteiger partial charge in [0.15, 0.2) is 0 Å². The minimum Gasteiger partial charge on any atom is -0.509 e. The number of aromatic nitrogens is 2. The van der Waals surface area contributed by atoms with Crippen LogP contribution in [0.5, 0.6) is 11.5 Å². The number of rotatable bonds is 10. The molecule has 6 heteroatoms. The molecule has 0 saturated heterocycles. The van der Waals surface area contributed by atoms with E-state index in [9.17, 15) is 0 Å². The second-order valence-electron chi connectivity index (χ2n) is 24.2. The molecular formula is C78H63N4OPt-3. The number of hydrogen-bond donors (Lipinski definition) is 0. The number of benzene rings is 10. The molecule has 12 aromatic rings. The zero-order chi connectivity index (χ0) is 56.6. The van der Waals surface area contributed by atoms with E-state index in [0.29, 0.717) is 11.5 Å².